The summed E-state index contributed by atoms with van der Waals surface area (Å²) in [6.07, 6.45) is 4.00. The van der Waals surface area contributed by atoms with E-state index in [9.17, 15) is 0 Å². The Labute approximate surface area is 147 Å². The number of aliphatic hydroxyl groups excluding tert-OH is 1. The lowest BCUT2D eigenvalue weighted by Gasteiger charge is -2.19. The normalized spacial score (nSPS) is 12.0. The van der Waals surface area contributed by atoms with Crippen LogP contribution in [0.3, 0.4) is 0 Å². The van der Waals surface area contributed by atoms with Gasteiger partial charge in [0.1, 0.15) is 0 Å². The van der Waals surface area contributed by atoms with Crippen molar-refractivity contribution < 1.29 is 28.8 Å². The van der Waals surface area contributed by atoms with E-state index in [1.165, 1.54) is 0 Å². The van der Waals surface area contributed by atoms with Gasteiger partial charge in [0.15, 0.2) is 0 Å². The Hall–Kier alpha value is -0.240. The smallest absolute Gasteiger partial charge is 0.0707 e. The van der Waals surface area contributed by atoms with E-state index < -0.39 is 0 Å². The quantitative estimate of drug-likeness (QED) is 0.383. The Balaban J connectivity index is 3.00. The van der Waals surface area contributed by atoms with Crippen LogP contribution in [0.1, 0.15) is 46.5 Å². The number of ether oxygens (including phenoxy) is 5. The van der Waals surface area contributed by atoms with Crippen LogP contribution in [-0.4, -0.2) is 76.8 Å². The molecule has 0 saturated carbocycles. The van der Waals surface area contributed by atoms with Gasteiger partial charge >= 0.3 is 0 Å². The molecule has 0 aromatic carbocycles. The lowest BCUT2D eigenvalue weighted by Crippen LogP contribution is -2.22. The van der Waals surface area contributed by atoms with Gasteiger partial charge in [0.25, 0.3) is 0 Å². The Morgan fingerprint density at radius 2 is 0.917 bits per heavy atom. The highest BCUT2D eigenvalue weighted by Crippen LogP contribution is 2.05. The van der Waals surface area contributed by atoms with Gasteiger partial charge in [0.2, 0.25) is 0 Å². The molecule has 0 rings (SSSR count). The van der Waals surface area contributed by atoms with Crippen molar-refractivity contribution in [2.24, 2.45) is 0 Å². The summed E-state index contributed by atoms with van der Waals surface area (Å²) in [6, 6.07) is 0. The standard InChI is InChI=1S/C18H38O6/c1-18(2,3)24-17-16-23-15-14-22-12-7-5-10-20-9-4-6-11-21-13-8-19/h19H,4-17H2,1-3H3. The van der Waals surface area contributed by atoms with Crippen molar-refractivity contribution in [1.82, 2.24) is 0 Å². The molecule has 0 unspecified atom stereocenters. The first-order chi connectivity index (χ1) is 11.6. The van der Waals surface area contributed by atoms with Crippen molar-refractivity contribution in [3.8, 4) is 0 Å². The average Bonchev–Trinajstić information content (AvgIpc) is 2.52. The maximum Gasteiger partial charge on any atom is 0.0707 e. The van der Waals surface area contributed by atoms with Crippen molar-refractivity contribution >= 4 is 0 Å². The van der Waals surface area contributed by atoms with Crippen molar-refractivity contribution in [2.75, 3.05) is 66.1 Å². The Kier molecular flexibility index (Phi) is 17.4. The second-order valence-electron chi connectivity index (χ2n) is 6.55. The molecule has 0 atom stereocenters. The molecule has 0 aromatic rings. The predicted molar refractivity (Wildman–Crippen MR) is 94.5 cm³/mol. The average molecular weight is 350 g/mol. The van der Waals surface area contributed by atoms with Crippen LogP contribution in [0.4, 0.5) is 0 Å². The molecule has 0 aliphatic carbocycles. The number of hydrogen-bond acceptors (Lipinski definition) is 6. The van der Waals surface area contributed by atoms with Gasteiger partial charge in [0.05, 0.1) is 45.2 Å². The molecular weight excluding hydrogens is 312 g/mol. The molecule has 1 N–H and O–H groups in total. The first-order valence-corrected chi connectivity index (χ1v) is 9.12. The molecule has 0 amide bonds. The van der Waals surface area contributed by atoms with E-state index in [4.69, 9.17) is 28.8 Å². The molecule has 0 radical (unpaired) electrons. The summed E-state index contributed by atoms with van der Waals surface area (Å²) in [5.74, 6) is 0. The molecular formula is C18H38O6. The van der Waals surface area contributed by atoms with Crippen LogP contribution in [0.25, 0.3) is 0 Å². The number of unbranched alkanes of at least 4 members (excludes halogenated alkanes) is 2. The van der Waals surface area contributed by atoms with Crippen LogP contribution in [0, 0.1) is 0 Å². The molecule has 0 fully saturated rings. The van der Waals surface area contributed by atoms with Crippen molar-refractivity contribution in [2.45, 2.75) is 52.1 Å². The van der Waals surface area contributed by atoms with E-state index >= 15 is 0 Å². The molecule has 0 aliphatic rings. The fraction of sp³-hybridized carbons (Fsp3) is 1.00. The molecule has 146 valence electrons. The minimum Gasteiger partial charge on any atom is -0.394 e. The maximum atomic E-state index is 8.55. The van der Waals surface area contributed by atoms with Crippen LogP contribution >= 0.6 is 0 Å². The second kappa shape index (κ2) is 17.6. The number of aliphatic hydroxyl groups is 1. The van der Waals surface area contributed by atoms with Gasteiger partial charge in [-0.1, -0.05) is 0 Å². The lowest BCUT2D eigenvalue weighted by molar-refractivity contribution is -0.0426. The van der Waals surface area contributed by atoms with E-state index in [-0.39, 0.29) is 12.2 Å². The summed E-state index contributed by atoms with van der Waals surface area (Å²) in [5.41, 5.74) is -0.102. The fourth-order valence-corrected chi connectivity index (χ4v) is 1.81. The lowest BCUT2D eigenvalue weighted by atomic mass is 10.2. The van der Waals surface area contributed by atoms with Gasteiger partial charge < -0.3 is 28.8 Å². The summed E-state index contributed by atoms with van der Waals surface area (Å²) in [5, 5.41) is 8.55. The third-order valence-corrected chi connectivity index (χ3v) is 3.03. The molecule has 24 heavy (non-hydrogen) atoms. The predicted octanol–water partition coefficient (Wildman–Crippen LogP) is 2.42. The maximum absolute atomic E-state index is 8.55. The molecule has 0 spiro atoms. The first kappa shape index (κ1) is 23.8. The Morgan fingerprint density at radius 1 is 0.542 bits per heavy atom. The van der Waals surface area contributed by atoms with Gasteiger partial charge in [-0.3, -0.25) is 0 Å². The summed E-state index contributed by atoms with van der Waals surface area (Å²) in [4.78, 5) is 0. The van der Waals surface area contributed by atoms with Crippen LogP contribution in [0.2, 0.25) is 0 Å². The topological polar surface area (TPSA) is 66.4 Å². The van der Waals surface area contributed by atoms with Crippen LogP contribution < -0.4 is 0 Å². The van der Waals surface area contributed by atoms with Crippen LogP contribution in [0.15, 0.2) is 0 Å². The van der Waals surface area contributed by atoms with Crippen LogP contribution in [0.5, 0.6) is 0 Å². The van der Waals surface area contributed by atoms with E-state index in [0.717, 1.165) is 45.5 Å². The Bertz CT molecular complexity index is 242. The van der Waals surface area contributed by atoms with Crippen molar-refractivity contribution in [3.05, 3.63) is 0 Å². The van der Waals surface area contributed by atoms with Gasteiger partial charge in [-0.25, -0.2) is 0 Å². The molecule has 0 aromatic heterocycles. The highest BCUT2D eigenvalue weighted by Gasteiger charge is 2.08. The third-order valence-electron chi connectivity index (χ3n) is 3.03. The molecule has 6 heteroatoms. The molecule has 0 heterocycles. The van der Waals surface area contributed by atoms with Crippen molar-refractivity contribution in [1.29, 1.82) is 0 Å². The summed E-state index contributed by atoms with van der Waals surface area (Å²) >= 11 is 0. The minimum atomic E-state index is -0.102. The highest BCUT2D eigenvalue weighted by atomic mass is 16.5. The highest BCUT2D eigenvalue weighted by molar-refractivity contribution is 4.57. The zero-order valence-electron chi connectivity index (χ0n) is 15.9. The minimum absolute atomic E-state index is 0.0936. The zero-order chi connectivity index (χ0) is 17.9. The summed E-state index contributed by atoms with van der Waals surface area (Å²) < 4.78 is 27.2. The van der Waals surface area contributed by atoms with E-state index in [0.29, 0.717) is 39.6 Å². The fourth-order valence-electron chi connectivity index (χ4n) is 1.81. The zero-order valence-corrected chi connectivity index (χ0v) is 15.9. The van der Waals surface area contributed by atoms with Gasteiger partial charge in [-0.15, -0.1) is 0 Å². The monoisotopic (exact) mass is 350 g/mol. The van der Waals surface area contributed by atoms with Gasteiger partial charge in [0, 0.05) is 26.4 Å². The summed E-state index contributed by atoms with van der Waals surface area (Å²) in [6.45, 7) is 12.1. The molecule has 6 nitrogen and oxygen atoms in total. The summed E-state index contributed by atoms with van der Waals surface area (Å²) in [7, 11) is 0. The number of hydrogen-bond donors (Lipinski definition) is 1. The van der Waals surface area contributed by atoms with Gasteiger partial charge in [-0.05, 0) is 46.5 Å². The largest absolute Gasteiger partial charge is 0.394 e. The van der Waals surface area contributed by atoms with Crippen LogP contribution in [-0.2, 0) is 23.7 Å². The van der Waals surface area contributed by atoms with Gasteiger partial charge in [-0.2, -0.15) is 0 Å². The van der Waals surface area contributed by atoms with Crippen molar-refractivity contribution in [3.63, 3.8) is 0 Å². The SMILES string of the molecule is CC(C)(C)OCCOCCOCCCCOCCCCOCCO. The molecule has 0 saturated heterocycles. The van der Waals surface area contributed by atoms with E-state index in [2.05, 4.69) is 0 Å². The number of rotatable bonds is 18. The Morgan fingerprint density at radius 3 is 1.38 bits per heavy atom. The third kappa shape index (κ3) is 21.8. The second-order valence-corrected chi connectivity index (χ2v) is 6.55. The van der Waals surface area contributed by atoms with E-state index in [1.54, 1.807) is 0 Å². The first-order valence-electron chi connectivity index (χ1n) is 9.12. The molecule has 0 aliphatic heterocycles. The van der Waals surface area contributed by atoms with E-state index in [1.807, 2.05) is 20.8 Å². The molecule has 0 bridgehead atoms.